The van der Waals surface area contributed by atoms with Gasteiger partial charge in [0.05, 0.1) is 24.1 Å². The molecular formula is C23H31N3O4S. The Hall–Kier alpha value is -2.32. The number of nitrogens with zero attached hydrogens (tertiary/aromatic N) is 2. The van der Waals surface area contributed by atoms with Crippen molar-refractivity contribution >= 4 is 29.3 Å². The van der Waals surface area contributed by atoms with Crippen molar-refractivity contribution in [1.82, 2.24) is 10.1 Å². The maximum absolute atomic E-state index is 13.0. The minimum atomic E-state index is -0.198. The van der Waals surface area contributed by atoms with Crippen molar-refractivity contribution in [3.63, 3.8) is 0 Å². The number of rotatable bonds is 9. The van der Waals surface area contributed by atoms with Crippen molar-refractivity contribution in [2.45, 2.75) is 52.4 Å². The number of anilines is 1. The average Bonchev–Trinajstić information content (AvgIpc) is 3.35. The molecule has 0 saturated carbocycles. The van der Waals surface area contributed by atoms with E-state index in [1.54, 1.807) is 4.90 Å². The first-order valence-electron chi connectivity index (χ1n) is 10.6. The van der Waals surface area contributed by atoms with E-state index in [-0.39, 0.29) is 30.2 Å². The first kappa shape index (κ1) is 23.3. The number of aryl methyl sites for hydroxylation is 3. The lowest BCUT2D eigenvalue weighted by molar-refractivity contribution is -0.133. The molecule has 3 rings (SSSR count). The molecule has 1 atom stereocenters. The van der Waals surface area contributed by atoms with Gasteiger partial charge in [-0.25, -0.2) is 0 Å². The zero-order valence-corrected chi connectivity index (χ0v) is 19.5. The number of benzene rings is 1. The smallest absolute Gasteiger partial charge is 0.244 e. The van der Waals surface area contributed by atoms with Crippen LogP contribution in [0.4, 0.5) is 5.69 Å². The monoisotopic (exact) mass is 445 g/mol. The quantitative estimate of drug-likeness (QED) is 0.632. The lowest BCUT2D eigenvalue weighted by atomic mass is 10.1. The van der Waals surface area contributed by atoms with Gasteiger partial charge in [-0.15, -0.1) is 11.8 Å². The largest absolute Gasteiger partial charge is 0.376 e. The fraction of sp³-hybridized carbons (Fsp3) is 0.522. The molecule has 0 spiro atoms. The molecule has 8 heteroatoms. The number of hydrogen-bond donors (Lipinski definition) is 1. The summed E-state index contributed by atoms with van der Waals surface area (Å²) in [7, 11) is 0. The Bertz CT molecular complexity index is 902. The molecule has 2 aromatic rings. The average molecular weight is 446 g/mol. The van der Waals surface area contributed by atoms with Crippen LogP contribution >= 0.6 is 11.8 Å². The van der Waals surface area contributed by atoms with Gasteiger partial charge in [0.1, 0.15) is 5.76 Å². The van der Waals surface area contributed by atoms with Gasteiger partial charge in [-0.3, -0.25) is 9.59 Å². The van der Waals surface area contributed by atoms with Gasteiger partial charge in [0, 0.05) is 30.2 Å². The molecular weight excluding hydrogens is 414 g/mol. The van der Waals surface area contributed by atoms with E-state index < -0.39 is 0 Å². The molecule has 2 amide bonds. The summed E-state index contributed by atoms with van der Waals surface area (Å²) in [6.45, 7) is 8.92. The van der Waals surface area contributed by atoms with Crippen LogP contribution in [0.15, 0.2) is 22.7 Å². The number of ether oxygens (including phenoxy) is 1. The molecule has 1 fully saturated rings. The number of hydrogen-bond acceptors (Lipinski definition) is 6. The van der Waals surface area contributed by atoms with Crippen molar-refractivity contribution in [2.75, 3.05) is 30.8 Å². The summed E-state index contributed by atoms with van der Waals surface area (Å²) in [5, 5.41) is 6.91. The highest BCUT2D eigenvalue weighted by atomic mass is 32.2. The summed E-state index contributed by atoms with van der Waals surface area (Å²) in [5.41, 5.74) is 4.80. The standard InChI is InChI=1S/C23H31N3O4S/c1-15-7-5-9-21(16(15)2)24-22(27)12-26(11-19-8-6-10-29-19)23(28)14-31-13-20-17(3)25-30-18(20)4/h5,7,9,19H,6,8,10-14H2,1-4H3,(H,24,27). The van der Waals surface area contributed by atoms with Crippen molar-refractivity contribution in [1.29, 1.82) is 0 Å². The van der Waals surface area contributed by atoms with Crippen LogP contribution in [0.2, 0.25) is 0 Å². The molecule has 1 N–H and O–H groups in total. The molecule has 0 aliphatic carbocycles. The Kier molecular flexibility index (Phi) is 8.15. The van der Waals surface area contributed by atoms with Crippen LogP contribution in [0.3, 0.4) is 0 Å². The maximum Gasteiger partial charge on any atom is 0.244 e. The van der Waals surface area contributed by atoms with Crippen molar-refractivity contribution in [3.05, 3.63) is 46.3 Å². The van der Waals surface area contributed by atoms with Crippen LogP contribution in [0, 0.1) is 27.7 Å². The molecule has 1 aliphatic rings. The second-order valence-corrected chi connectivity index (χ2v) is 8.99. The number of aromatic nitrogens is 1. The molecule has 31 heavy (non-hydrogen) atoms. The zero-order valence-electron chi connectivity index (χ0n) is 18.7. The van der Waals surface area contributed by atoms with Crippen molar-refractivity contribution in [3.8, 4) is 0 Å². The normalized spacial score (nSPS) is 15.8. The third-order valence-electron chi connectivity index (χ3n) is 5.67. The van der Waals surface area contributed by atoms with Crippen LogP contribution in [0.1, 0.15) is 41.0 Å². The molecule has 0 radical (unpaired) electrons. The van der Waals surface area contributed by atoms with Crippen LogP contribution in [0.25, 0.3) is 0 Å². The topological polar surface area (TPSA) is 84.7 Å². The predicted octanol–water partition coefficient (Wildman–Crippen LogP) is 3.79. The Labute approximate surface area is 187 Å². The molecule has 1 aromatic heterocycles. The van der Waals surface area contributed by atoms with E-state index in [1.165, 1.54) is 11.8 Å². The van der Waals surface area contributed by atoms with Gasteiger partial charge in [-0.1, -0.05) is 17.3 Å². The molecule has 0 bridgehead atoms. The molecule has 2 heterocycles. The van der Waals surface area contributed by atoms with Gasteiger partial charge in [0.2, 0.25) is 11.8 Å². The number of thioether (sulfide) groups is 1. The number of carbonyl (C=O) groups is 2. The molecule has 1 aromatic carbocycles. The first-order valence-corrected chi connectivity index (χ1v) is 11.8. The minimum Gasteiger partial charge on any atom is -0.376 e. The van der Waals surface area contributed by atoms with E-state index in [4.69, 9.17) is 9.26 Å². The van der Waals surface area contributed by atoms with Gasteiger partial charge < -0.3 is 19.5 Å². The summed E-state index contributed by atoms with van der Waals surface area (Å²) < 4.78 is 10.9. The van der Waals surface area contributed by atoms with Crippen molar-refractivity contribution < 1.29 is 18.8 Å². The SMILES string of the molecule is Cc1cccc(NC(=O)CN(CC2CCCO2)C(=O)CSCc2c(C)noc2C)c1C. The Morgan fingerprint density at radius 3 is 2.74 bits per heavy atom. The van der Waals surface area contributed by atoms with Crippen LogP contribution in [0.5, 0.6) is 0 Å². The summed E-state index contributed by atoms with van der Waals surface area (Å²) in [5.74, 6) is 1.45. The number of carbonyl (C=O) groups excluding carboxylic acids is 2. The summed E-state index contributed by atoms with van der Waals surface area (Å²) >= 11 is 1.51. The van der Waals surface area contributed by atoms with Crippen LogP contribution in [-0.4, -0.2) is 53.4 Å². The van der Waals surface area contributed by atoms with Gasteiger partial charge in [-0.2, -0.15) is 0 Å². The van der Waals surface area contributed by atoms with Gasteiger partial charge in [0.25, 0.3) is 0 Å². The van der Waals surface area contributed by atoms with Crippen molar-refractivity contribution in [2.24, 2.45) is 0 Å². The zero-order chi connectivity index (χ0) is 22.4. The fourth-order valence-corrected chi connectivity index (χ4v) is 4.65. The highest BCUT2D eigenvalue weighted by Crippen LogP contribution is 2.21. The van der Waals surface area contributed by atoms with E-state index in [0.717, 1.165) is 46.7 Å². The second-order valence-electron chi connectivity index (χ2n) is 8.00. The highest BCUT2D eigenvalue weighted by molar-refractivity contribution is 7.99. The van der Waals surface area contributed by atoms with Gasteiger partial charge >= 0.3 is 0 Å². The second kappa shape index (κ2) is 10.8. The van der Waals surface area contributed by atoms with E-state index in [1.807, 2.05) is 45.9 Å². The summed E-state index contributed by atoms with van der Waals surface area (Å²) in [6.07, 6.45) is 1.89. The molecule has 1 saturated heterocycles. The van der Waals surface area contributed by atoms with E-state index >= 15 is 0 Å². The van der Waals surface area contributed by atoms with Crippen LogP contribution in [-0.2, 0) is 20.1 Å². The van der Waals surface area contributed by atoms with E-state index in [0.29, 0.717) is 18.9 Å². The Morgan fingerprint density at radius 1 is 1.26 bits per heavy atom. The highest BCUT2D eigenvalue weighted by Gasteiger charge is 2.25. The lowest BCUT2D eigenvalue weighted by Gasteiger charge is -2.25. The molecule has 1 unspecified atom stereocenters. The fourth-order valence-electron chi connectivity index (χ4n) is 3.58. The minimum absolute atomic E-state index is 0.00924. The van der Waals surface area contributed by atoms with E-state index in [2.05, 4.69) is 10.5 Å². The molecule has 7 nitrogen and oxygen atoms in total. The predicted molar refractivity (Wildman–Crippen MR) is 122 cm³/mol. The lowest BCUT2D eigenvalue weighted by Crippen LogP contribution is -2.43. The first-order chi connectivity index (χ1) is 14.8. The Morgan fingerprint density at radius 2 is 2.06 bits per heavy atom. The van der Waals surface area contributed by atoms with E-state index in [9.17, 15) is 9.59 Å². The third kappa shape index (κ3) is 6.33. The molecule has 1 aliphatic heterocycles. The summed E-state index contributed by atoms with van der Waals surface area (Å²) in [6, 6.07) is 5.80. The number of amides is 2. The summed E-state index contributed by atoms with van der Waals surface area (Å²) in [4.78, 5) is 27.3. The molecule has 168 valence electrons. The Balaban J connectivity index is 1.60. The van der Waals surface area contributed by atoms with Gasteiger partial charge in [0.15, 0.2) is 0 Å². The third-order valence-corrected chi connectivity index (χ3v) is 6.61. The maximum atomic E-state index is 13.0. The van der Waals surface area contributed by atoms with Gasteiger partial charge in [-0.05, 0) is 57.7 Å². The number of nitrogens with one attached hydrogen (secondary N) is 1. The van der Waals surface area contributed by atoms with Crippen LogP contribution < -0.4 is 5.32 Å².